The molecule has 8 heteroatoms. The van der Waals surface area contributed by atoms with Crippen LogP contribution in [-0.2, 0) is 14.3 Å². The summed E-state index contributed by atoms with van der Waals surface area (Å²) in [6, 6.07) is 6.73. The van der Waals surface area contributed by atoms with Crippen LogP contribution in [-0.4, -0.2) is 61.1 Å². The molecule has 3 unspecified atom stereocenters. The summed E-state index contributed by atoms with van der Waals surface area (Å²) in [7, 11) is 2.97. The Balaban J connectivity index is 1.54. The molecule has 2 aliphatic heterocycles. The fraction of sp³-hybridized carbons (Fsp3) is 0.667. The summed E-state index contributed by atoms with van der Waals surface area (Å²) in [6.45, 7) is 3.77. The molecule has 2 saturated heterocycles. The number of anilines is 1. The van der Waals surface area contributed by atoms with E-state index in [1.165, 1.54) is 40.4 Å². The number of carbonyl (C=O) groups excluding carboxylic acids is 3. The number of nitrogens with zero attached hydrogens (tertiary/aromatic N) is 1. The van der Waals surface area contributed by atoms with Crippen LogP contribution in [0.2, 0.25) is 0 Å². The summed E-state index contributed by atoms with van der Waals surface area (Å²) in [5, 5.41) is 5.98. The van der Waals surface area contributed by atoms with Gasteiger partial charge in [-0.05, 0) is 57.6 Å². The Bertz CT molecular complexity index is 876. The molecule has 35 heavy (non-hydrogen) atoms. The number of hydrogen-bond acceptors (Lipinski definition) is 6. The first-order valence-electron chi connectivity index (χ1n) is 12.9. The van der Waals surface area contributed by atoms with Crippen LogP contribution in [0, 0.1) is 0 Å². The zero-order valence-electron chi connectivity index (χ0n) is 21.6. The van der Waals surface area contributed by atoms with Crippen molar-refractivity contribution < 1.29 is 23.9 Å². The molecule has 0 aliphatic carbocycles. The van der Waals surface area contributed by atoms with Crippen LogP contribution in [0.5, 0.6) is 5.75 Å². The highest BCUT2D eigenvalue weighted by molar-refractivity contribution is 5.98. The standard InChI is InChI=1S/C27H41N3O5/c1-18(9-6-5-7-12-26(32)35-4)30-22-10-8-11-23(30)16-21(15-22)29-27(33)24-14-13-20(28-19(2)31)17-25(24)34-3/h13-14,17-18,21-23H,5-12,15-16H2,1-4H3,(H,28,31)(H,29,33). The molecule has 194 valence electrons. The third-order valence-corrected chi connectivity index (χ3v) is 7.37. The highest BCUT2D eigenvalue weighted by Gasteiger charge is 2.40. The van der Waals surface area contributed by atoms with Crippen molar-refractivity contribution in [1.82, 2.24) is 10.2 Å². The van der Waals surface area contributed by atoms with Crippen LogP contribution in [0.15, 0.2) is 18.2 Å². The lowest BCUT2D eigenvalue weighted by atomic mass is 9.80. The van der Waals surface area contributed by atoms with Gasteiger partial charge in [0.15, 0.2) is 0 Å². The normalized spacial score (nSPS) is 22.7. The van der Waals surface area contributed by atoms with E-state index in [0.717, 1.165) is 38.5 Å². The first kappa shape index (κ1) is 27.0. The largest absolute Gasteiger partial charge is 0.496 e. The van der Waals surface area contributed by atoms with Crippen molar-refractivity contribution in [3.8, 4) is 5.75 Å². The molecule has 0 radical (unpaired) electrons. The first-order chi connectivity index (χ1) is 16.8. The van der Waals surface area contributed by atoms with Crippen LogP contribution in [0.1, 0.15) is 88.4 Å². The van der Waals surface area contributed by atoms with Crippen molar-refractivity contribution in [2.75, 3.05) is 19.5 Å². The maximum absolute atomic E-state index is 13.1. The number of piperidine rings is 2. The van der Waals surface area contributed by atoms with Crippen LogP contribution < -0.4 is 15.4 Å². The Kier molecular flexibility index (Phi) is 9.95. The smallest absolute Gasteiger partial charge is 0.305 e. The van der Waals surface area contributed by atoms with Crippen molar-refractivity contribution in [3.63, 3.8) is 0 Å². The van der Waals surface area contributed by atoms with Crippen molar-refractivity contribution in [3.05, 3.63) is 23.8 Å². The highest BCUT2D eigenvalue weighted by atomic mass is 16.5. The van der Waals surface area contributed by atoms with Crippen LogP contribution in [0.25, 0.3) is 0 Å². The van der Waals surface area contributed by atoms with Gasteiger partial charge < -0.3 is 20.1 Å². The van der Waals surface area contributed by atoms with Gasteiger partial charge in [0.25, 0.3) is 5.91 Å². The fourth-order valence-corrected chi connectivity index (χ4v) is 5.82. The van der Waals surface area contributed by atoms with Gasteiger partial charge in [0.05, 0.1) is 19.8 Å². The molecule has 2 aliphatic rings. The highest BCUT2D eigenvalue weighted by Crippen LogP contribution is 2.37. The monoisotopic (exact) mass is 487 g/mol. The molecular weight excluding hydrogens is 446 g/mol. The lowest BCUT2D eigenvalue weighted by Crippen LogP contribution is -2.59. The van der Waals surface area contributed by atoms with E-state index in [-0.39, 0.29) is 23.8 Å². The number of nitrogens with one attached hydrogen (secondary N) is 2. The zero-order valence-corrected chi connectivity index (χ0v) is 21.6. The van der Waals surface area contributed by atoms with E-state index in [9.17, 15) is 14.4 Å². The number of benzene rings is 1. The third kappa shape index (κ3) is 7.43. The molecule has 0 spiro atoms. The van der Waals surface area contributed by atoms with E-state index in [1.807, 2.05) is 0 Å². The Hall–Kier alpha value is -2.61. The quantitative estimate of drug-likeness (QED) is 0.357. The van der Waals surface area contributed by atoms with Gasteiger partial charge in [0, 0.05) is 49.3 Å². The third-order valence-electron chi connectivity index (χ3n) is 7.37. The molecule has 1 aromatic carbocycles. The second kappa shape index (κ2) is 12.9. The number of unbranched alkanes of at least 4 members (excludes halogenated alkanes) is 2. The van der Waals surface area contributed by atoms with Crippen LogP contribution in [0.3, 0.4) is 0 Å². The summed E-state index contributed by atoms with van der Waals surface area (Å²) in [4.78, 5) is 38.4. The average Bonchev–Trinajstić information content (AvgIpc) is 2.82. The summed E-state index contributed by atoms with van der Waals surface area (Å²) in [6.07, 6.45) is 10.2. The Labute approximate surface area is 209 Å². The summed E-state index contributed by atoms with van der Waals surface area (Å²) in [5.74, 6) is 0.0228. The molecule has 2 amide bonds. The number of hydrogen-bond donors (Lipinski definition) is 2. The molecule has 2 fully saturated rings. The van der Waals surface area contributed by atoms with E-state index in [2.05, 4.69) is 22.5 Å². The maximum Gasteiger partial charge on any atom is 0.305 e. The predicted octanol–water partition coefficient (Wildman–Crippen LogP) is 4.28. The SMILES string of the molecule is COC(=O)CCCCCC(C)N1C2CCCC1CC(NC(=O)c1ccc(NC(C)=O)cc1OC)C2. The second-order valence-electron chi connectivity index (χ2n) is 9.95. The summed E-state index contributed by atoms with van der Waals surface area (Å²) >= 11 is 0. The zero-order chi connectivity index (χ0) is 25.4. The molecule has 2 bridgehead atoms. The number of ether oxygens (including phenoxy) is 2. The Morgan fingerprint density at radius 3 is 2.43 bits per heavy atom. The minimum Gasteiger partial charge on any atom is -0.496 e. The number of methoxy groups -OCH3 is 2. The number of amides is 2. The van der Waals surface area contributed by atoms with Gasteiger partial charge in [-0.1, -0.05) is 19.3 Å². The van der Waals surface area contributed by atoms with Crippen LogP contribution >= 0.6 is 0 Å². The molecule has 2 heterocycles. The minimum atomic E-state index is -0.169. The summed E-state index contributed by atoms with van der Waals surface area (Å²) in [5.41, 5.74) is 1.09. The van der Waals surface area contributed by atoms with Gasteiger partial charge in [0.1, 0.15) is 5.75 Å². The van der Waals surface area contributed by atoms with Gasteiger partial charge in [-0.25, -0.2) is 0 Å². The Morgan fingerprint density at radius 1 is 1.09 bits per heavy atom. The van der Waals surface area contributed by atoms with Gasteiger partial charge in [-0.3, -0.25) is 19.3 Å². The van der Waals surface area contributed by atoms with Crippen molar-refractivity contribution in [2.24, 2.45) is 0 Å². The maximum atomic E-state index is 13.1. The molecule has 2 N–H and O–H groups in total. The second-order valence-corrected chi connectivity index (χ2v) is 9.95. The molecule has 8 nitrogen and oxygen atoms in total. The number of rotatable bonds is 11. The van der Waals surface area contributed by atoms with E-state index < -0.39 is 0 Å². The van der Waals surface area contributed by atoms with E-state index in [0.29, 0.717) is 41.5 Å². The van der Waals surface area contributed by atoms with Crippen molar-refractivity contribution in [1.29, 1.82) is 0 Å². The number of esters is 1. The topological polar surface area (TPSA) is 97.0 Å². The Morgan fingerprint density at radius 2 is 1.80 bits per heavy atom. The molecule has 3 rings (SSSR count). The van der Waals surface area contributed by atoms with Gasteiger partial charge in [0.2, 0.25) is 5.91 Å². The van der Waals surface area contributed by atoms with Crippen LogP contribution in [0.4, 0.5) is 5.69 Å². The van der Waals surface area contributed by atoms with Gasteiger partial charge in [-0.15, -0.1) is 0 Å². The molecule has 3 atom stereocenters. The number of carbonyl (C=O) groups is 3. The lowest BCUT2D eigenvalue weighted by Gasteiger charge is -2.51. The van der Waals surface area contributed by atoms with E-state index in [4.69, 9.17) is 9.47 Å². The molecule has 0 saturated carbocycles. The van der Waals surface area contributed by atoms with Gasteiger partial charge in [-0.2, -0.15) is 0 Å². The average molecular weight is 488 g/mol. The lowest BCUT2D eigenvalue weighted by molar-refractivity contribution is -0.140. The van der Waals surface area contributed by atoms with Crippen molar-refractivity contribution >= 4 is 23.5 Å². The van der Waals surface area contributed by atoms with E-state index in [1.54, 1.807) is 18.2 Å². The first-order valence-corrected chi connectivity index (χ1v) is 12.9. The van der Waals surface area contributed by atoms with E-state index >= 15 is 0 Å². The molecule has 1 aromatic rings. The predicted molar refractivity (Wildman–Crippen MR) is 136 cm³/mol. The summed E-state index contributed by atoms with van der Waals surface area (Å²) < 4.78 is 10.2. The minimum absolute atomic E-state index is 0.127. The molecule has 0 aromatic heterocycles. The van der Waals surface area contributed by atoms with Crippen molar-refractivity contribution in [2.45, 2.75) is 102 Å². The molecular formula is C27H41N3O5. The van der Waals surface area contributed by atoms with Gasteiger partial charge >= 0.3 is 5.97 Å². The number of fused-ring (bicyclic) bond motifs is 2. The fourth-order valence-electron chi connectivity index (χ4n) is 5.82.